The van der Waals surface area contributed by atoms with Gasteiger partial charge in [0.05, 0.1) is 0 Å². The molecule has 0 bridgehead atoms. The number of hydrogen-bond donors (Lipinski definition) is 0. The van der Waals surface area contributed by atoms with Gasteiger partial charge in [-0.1, -0.05) is 6.92 Å². The molecule has 74 valence electrons. The van der Waals surface area contributed by atoms with Crippen LogP contribution in [-0.2, 0) is 0 Å². The van der Waals surface area contributed by atoms with E-state index in [2.05, 4.69) is 51.7 Å². The zero-order chi connectivity index (χ0) is 9.72. The van der Waals surface area contributed by atoms with Crippen molar-refractivity contribution >= 4 is 0 Å². The highest BCUT2D eigenvalue weighted by Gasteiger charge is 2.12. The Balaban J connectivity index is 3.85. The van der Waals surface area contributed by atoms with E-state index in [0.717, 1.165) is 0 Å². The van der Waals surface area contributed by atoms with Crippen LogP contribution in [0.5, 0.6) is 0 Å². The maximum absolute atomic E-state index is 2.40. The minimum atomic E-state index is 0.652. The van der Waals surface area contributed by atoms with E-state index in [4.69, 9.17) is 0 Å². The molecule has 1 unspecified atom stereocenters. The fourth-order valence-corrected chi connectivity index (χ4v) is 1.20. The van der Waals surface area contributed by atoms with Crippen LogP contribution in [0.1, 0.15) is 27.2 Å². The Kier molecular flexibility index (Phi) is 5.51. The van der Waals surface area contributed by atoms with Crippen molar-refractivity contribution in [2.75, 3.05) is 27.7 Å². The number of hydrogen-bond acceptors (Lipinski definition) is 2. The largest absolute Gasteiger partial charge is 0.305 e. The first-order chi connectivity index (χ1) is 5.49. The van der Waals surface area contributed by atoms with Crippen LogP contribution in [-0.4, -0.2) is 49.6 Å². The van der Waals surface area contributed by atoms with Crippen molar-refractivity contribution in [3.05, 3.63) is 0 Å². The normalized spacial score (nSPS) is 14.8. The summed E-state index contributed by atoms with van der Waals surface area (Å²) in [6.45, 7) is 7.89. The van der Waals surface area contributed by atoms with Gasteiger partial charge in [0.2, 0.25) is 0 Å². The predicted octanol–water partition coefficient (Wildman–Crippen LogP) is 1.67. The highest BCUT2D eigenvalue weighted by atomic mass is 15.2. The van der Waals surface area contributed by atoms with E-state index in [1.165, 1.54) is 13.0 Å². The molecule has 0 radical (unpaired) electrons. The minimum absolute atomic E-state index is 0.652. The molecule has 0 aliphatic carbocycles. The van der Waals surface area contributed by atoms with Gasteiger partial charge in [-0.25, -0.2) is 0 Å². The second kappa shape index (κ2) is 5.55. The Morgan fingerprint density at radius 3 is 1.83 bits per heavy atom. The maximum atomic E-state index is 2.40. The van der Waals surface area contributed by atoms with Gasteiger partial charge >= 0.3 is 0 Å². The van der Waals surface area contributed by atoms with Gasteiger partial charge in [-0.3, -0.25) is 0 Å². The Morgan fingerprint density at radius 2 is 1.58 bits per heavy atom. The molecule has 0 saturated carbocycles. The Morgan fingerprint density at radius 1 is 1.08 bits per heavy atom. The second-order valence-corrected chi connectivity index (χ2v) is 4.06. The maximum Gasteiger partial charge on any atom is 0.0214 e. The molecule has 0 saturated heterocycles. The quantitative estimate of drug-likeness (QED) is 0.622. The molecule has 0 spiro atoms. The monoisotopic (exact) mass is 172 g/mol. The van der Waals surface area contributed by atoms with Crippen molar-refractivity contribution in [1.29, 1.82) is 0 Å². The summed E-state index contributed by atoms with van der Waals surface area (Å²) in [5.74, 6) is 0. The zero-order valence-corrected chi connectivity index (χ0v) is 9.46. The van der Waals surface area contributed by atoms with Crippen LogP contribution in [0.4, 0.5) is 0 Å². The molecule has 2 nitrogen and oxygen atoms in total. The van der Waals surface area contributed by atoms with Crippen molar-refractivity contribution in [2.24, 2.45) is 0 Å². The Bertz CT molecular complexity index is 110. The molecule has 0 N–H and O–H groups in total. The second-order valence-electron chi connectivity index (χ2n) is 4.06. The van der Waals surface area contributed by atoms with Crippen LogP contribution in [0.25, 0.3) is 0 Å². The molecule has 0 aliphatic rings. The molecule has 0 aromatic carbocycles. The van der Waals surface area contributed by atoms with Crippen LogP contribution in [0.3, 0.4) is 0 Å². The predicted molar refractivity (Wildman–Crippen MR) is 55.5 cm³/mol. The molecule has 0 aliphatic heterocycles. The minimum Gasteiger partial charge on any atom is -0.305 e. The van der Waals surface area contributed by atoms with Crippen molar-refractivity contribution in [1.82, 2.24) is 9.80 Å². The molecule has 0 rings (SSSR count). The van der Waals surface area contributed by atoms with E-state index < -0.39 is 0 Å². The lowest BCUT2D eigenvalue weighted by Crippen LogP contribution is -2.40. The van der Waals surface area contributed by atoms with E-state index in [1.54, 1.807) is 0 Å². The van der Waals surface area contributed by atoms with E-state index in [0.29, 0.717) is 12.1 Å². The Hall–Kier alpha value is -0.0800. The standard InChI is InChI=1S/C10H24N2/c1-7-10(11(4)5)8-12(6)9(2)3/h9-10H,7-8H2,1-6H3. The van der Waals surface area contributed by atoms with Gasteiger partial charge in [0.1, 0.15) is 0 Å². The number of rotatable bonds is 5. The fraction of sp³-hybridized carbons (Fsp3) is 1.00. The van der Waals surface area contributed by atoms with Gasteiger partial charge in [-0.15, -0.1) is 0 Å². The van der Waals surface area contributed by atoms with Gasteiger partial charge < -0.3 is 9.80 Å². The van der Waals surface area contributed by atoms with Crippen LogP contribution in [0, 0.1) is 0 Å². The lowest BCUT2D eigenvalue weighted by atomic mass is 10.2. The molecular formula is C10H24N2. The zero-order valence-electron chi connectivity index (χ0n) is 9.46. The average Bonchev–Trinajstić information content (AvgIpc) is 1.98. The summed E-state index contributed by atoms with van der Waals surface area (Å²) in [6, 6.07) is 1.34. The summed E-state index contributed by atoms with van der Waals surface area (Å²) in [5, 5.41) is 0. The fourth-order valence-electron chi connectivity index (χ4n) is 1.20. The van der Waals surface area contributed by atoms with Crippen molar-refractivity contribution in [3.63, 3.8) is 0 Å². The molecule has 2 heteroatoms. The van der Waals surface area contributed by atoms with Crippen LogP contribution in [0.15, 0.2) is 0 Å². The SMILES string of the molecule is CCC(CN(C)C(C)C)N(C)C. The lowest BCUT2D eigenvalue weighted by molar-refractivity contribution is 0.178. The summed E-state index contributed by atoms with van der Waals surface area (Å²) < 4.78 is 0. The van der Waals surface area contributed by atoms with E-state index in [1.807, 2.05) is 0 Å². The van der Waals surface area contributed by atoms with Crippen molar-refractivity contribution in [2.45, 2.75) is 39.3 Å². The molecule has 0 aromatic rings. The third-order valence-electron chi connectivity index (χ3n) is 2.58. The van der Waals surface area contributed by atoms with Crippen LogP contribution < -0.4 is 0 Å². The molecule has 0 fully saturated rings. The van der Waals surface area contributed by atoms with E-state index in [9.17, 15) is 0 Å². The molecule has 0 aromatic heterocycles. The van der Waals surface area contributed by atoms with Crippen LogP contribution >= 0.6 is 0 Å². The first kappa shape index (κ1) is 11.9. The summed E-state index contributed by atoms with van der Waals surface area (Å²) in [4.78, 5) is 4.70. The molecule has 1 atom stereocenters. The van der Waals surface area contributed by atoms with Crippen molar-refractivity contribution in [3.8, 4) is 0 Å². The van der Waals surface area contributed by atoms with Gasteiger partial charge in [0, 0.05) is 18.6 Å². The van der Waals surface area contributed by atoms with E-state index in [-0.39, 0.29) is 0 Å². The highest BCUT2D eigenvalue weighted by Crippen LogP contribution is 2.03. The highest BCUT2D eigenvalue weighted by molar-refractivity contribution is 4.70. The molecule has 0 heterocycles. The lowest BCUT2D eigenvalue weighted by Gasteiger charge is -2.30. The summed E-state index contributed by atoms with van der Waals surface area (Å²) in [6.07, 6.45) is 1.23. The first-order valence-electron chi connectivity index (χ1n) is 4.85. The third-order valence-corrected chi connectivity index (χ3v) is 2.58. The topological polar surface area (TPSA) is 6.48 Å². The number of likely N-dealkylation sites (N-methyl/N-ethyl adjacent to an activating group) is 2. The molecule has 0 amide bonds. The van der Waals surface area contributed by atoms with Gasteiger partial charge in [-0.2, -0.15) is 0 Å². The average molecular weight is 172 g/mol. The smallest absolute Gasteiger partial charge is 0.0214 e. The third kappa shape index (κ3) is 4.07. The van der Waals surface area contributed by atoms with E-state index >= 15 is 0 Å². The summed E-state index contributed by atoms with van der Waals surface area (Å²) in [5.41, 5.74) is 0. The molecular weight excluding hydrogens is 148 g/mol. The summed E-state index contributed by atoms with van der Waals surface area (Å²) >= 11 is 0. The molecule has 12 heavy (non-hydrogen) atoms. The Labute approximate surface area is 77.5 Å². The van der Waals surface area contributed by atoms with Gasteiger partial charge in [0.15, 0.2) is 0 Å². The first-order valence-corrected chi connectivity index (χ1v) is 4.85. The van der Waals surface area contributed by atoms with Gasteiger partial charge in [0.25, 0.3) is 0 Å². The van der Waals surface area contributed by atoms with Crippen LogP contribution in [0.2, 0.25) is 0 Å². The summed E-state index contributed by atoms with van der Waals surface area (Å²) in [7, 11) is 6.50. The number of nitrogens with zero attached hydrogens (tertiary/aromatic N) is 2. The van der Waals surface area contributed by atoms with Gasteiger partial charge in [-0.05, 0) is 41.4 Å². The van der Waals surface area contributed by atoms with Crippen molar-refractivity contribution < 1.29 is 0 Å².